The smallest absolute Gasteiger partial charge is 0.320 e. The normalized spacial score (nSPS) is 12.2. The number of hydrogen-bond donors (Lipinski definition) is 2. The van der Waals surface area contributed by atoms with Gasteiger partial charge in [0.1, 0.15) is 0 Å². The highest BCUT2D eigenvalue weighted by Crippen LogP contribution is 2.20. The number of rotatable bonds is 38. The highest BCUT2D eigenvalue weighted by Gasteiger charge is 2.13. The highest BCUT2D eigenvalue weighted by atomic mass is 16.5. The van der Waals surface area contributed by atoms with E-state index in [1.54, 1.807) is 0 Å². The minimum absolute atomic E-state index is 0.122. The molecule has 0 rings (SSSR count). The first kappa shape index (κ1) is 48.3. The largest absolute Gasteiger partial charge is 0.481 e. The van der Waals surface area contributed by atoms with Crippen LogP contribution in [0.25, 0.3) is 0 Å². The van der Waals surface area contributed by atoms with E-state index in [1.165, 1.54) is 77.0 Å². The maximum atomic E-state index is 12.1. The van der Waals surface area contributed by atoms with Crippen molar-refractivity contribution in [1.29, 1.82) is 0 Å². The molecule has 7 heteroatoms. The van der Waals surface area contributed by atoms with Crippen molar-refractivity contribution in [3.05, 3.63) is 48.6 Å². The van der Waals surface area contributed by atoms with Crippen LogP contribution in [0.3, 0.4) is 0 Å². The van der Waals surface area contributed by atoms with Crippen LogP contribution in [-0.2, 0) is 19.1 Å². The van der Waals surface area contributed by atoms with Gasteiger partial charge in [0.05, 0.1) is 13.2 Å². The predicted octanol–water partition coefficient (Wildman–Crippen LogP) is 12.0. The second-order valence-electron chi connectivity index (χ2n) is 14.5. The lowest BCUT2D eigenvalue weighted by Crippen LogP contribution is -2.25. The van der Waals surface area contributed by atoms with Crippen molar-refractivity contribution in [3.63, 3.8) is 0 Å². The Bertz CT molecular complexity index is 876. The molecule has 294 valence electrons. The lowest BCUT2D eigenvalue weighted by atomic mass is 9.95. The molecule has 0 aromatic heterocycles. The number of aliphatic carboxylic acids is 2. The first-order valence-corrected chi connectivity index (χ1v) is 20.6. The number of likely N-dealkylation sites (N-methyl/N-ethyl adjacent to an activating group) is 1. The van der Waals surface area contributed by atoms with Crippen LogP contribution >= 0.6 is 0 Å². The number of hydrogen-bond acceptors (Lipinski definition) is 5. The lowest BCUT2D eigenvalue weighted by molar-refractivity contribution is -0.146. The predicted molar refractivity (Wildman–Crippen MR) is 214 cm³/mol. The third-order valence-electron chi connectivity index (χ3n) is 9.13. The SMILES string of the molecule is CN(C)CC(=O)OCC(CCCCCC/C=C\C/C=C\CCCCCCCC(=O)O)CCCCCC/C=C\C/C=C\CCCCCCCC(=O)O. The van der Waals surface area contributed by atoms with Crippen molar-refractivity contribution < 1.29 is 29.3 Å². The standard InChI is InChI=1S/C44H77NO6/c1-45(2)39-44(50)51-40-41(35-31-27-23-19-15-11-7-3-5-9-13-17-21-25-29-33-37-42(46)47)36-32-28-24-20-16-12-8-4-6-10-14-18-22-26-30-34-38-43(48)49/h5-12,41H,3-4,13-40H2,1-2H3,(H,46,47)(H,48,49)/b9-5-,10-6-,11-7-,12-8-. The molecule has 0 atom stereocenters. The fourth-order valence-electron chi connectivity index (χ4n) is 6.07. The van der Waals surface area contributed by atoms with Crippen LogP contribution < -0.4 is 0 Å². The molecule has 7 nitrogen and oxygen atoms in total. The van der Waals surface area contributed by atoms with Crippen LogP contribution in [0.15, 0.2) is 48.6 Å². The Labute approximate surface area is 313 Å². The molecule has 0 fully saturated rings. The summed E-state index contributed by atoms with van der Waals surface area (Å²) >= 11 is 0. The molecule has 0 aromatic carbocycles. The van der Waals surface area contributed by atoms with Crippen molar-refractivity contribution in [2.24, 2.45) is 5.92 Å². The second-order valence-corrected chi connectivity index (χ2v) is 14.5. The Kier molecular flexibility index (Phi) is 36.5. The molecule has 0 spiro atoms. The summed E-state index contributed by atoms with van der Waals surface area (Å²) in [6, 6.07) is 0. The molecule has 0 amide bonds. The molecule has 0 unspecified atom stereocenters. The van der Waals surface area contributed by atoms with Crippen molar-refractivity contribution >= 4 is 17.9 Å². The number of carbonyl (C=O) groups is 3. The quantitative estimate of drug-likeness (QED) is 0.0372. The van der Waals surface area contributed by atoms with Gasteiger partial charge in [0, 0.05) is 12.8 Å². The number of allylic oxidation sites excluding steroid dienone is 8. The van der Waals surface area contributed by atoms with Gasteiger partial charge in [-0.2, -0.15) is 0 Å². The Hall–Kier alpha value is -2.67. The third kappa shape index (κ3) is 41.6. The Balaban J connectivity index is 3.96. The monoisotopic (exact) mass is 716 g/mol. The Morgan fingerprint density at radius 1 is 0.490 bits per heavy atom. The van der Waals surface area contributed by atoms with Gasteiger partial charge in [0.25, 0.3) is 0 Å². The number of ether oxygens (including phenoxy) is 1. The van der Waals surface area contributed by atoms with E-state index in [9.17, 15) is 14.4 Å². The van der Waals surface area contributed by atoms with E-state index in [0.717, 1.165) is 89.9 Å². The summed E-state index contributed by atoms with van der Waals surface area (Å²) in [6.07, 6.45) is 48.1. The van der Waals surface area contributed by atoms with E-state index >= 15 is 0 Å². The highest BCUT2D eigenvalue weighted by molar-refractivity contribution is 5.71. The molecule has 2 N–H and O–H groups in total. The average Bonchev–Trinajstić information content (AvgIpc) is 3.08. The lowest BCUT2D eigenvalue weighted by Gasteiger charge is -2.18. The minimum atomic E-state index is -0.686. The molecule has 0 aliphatic rings. The maximum Gasteiger partial charge on any atom is 0.320 e. The minimum Gasteiger partial charge on any atom is -0.481 e. The summed E-state index contributed by atoms with van der Waals surface area (Å²) in [7, 11) is 3.80. The van der Waals surface area contributed by atoms with Crippen LogP contribution in [0.5, 0.6) is 0 Å². The number of nitrogens with zero attached hydrogens (tertiary/aromatic N) is 1. The molecule has 0 heterocycles. The van der Waals surface area contributed by atoms with Crippen LogP contribution in [0.1, 0.15) is 180 Å². The summed E-state index contributed by atoms with van der Waals surface area (Å²) < 4.78 is 5.65. The molecule has 0 aliphatic carbocycles. The van der Waals surface area contributed by atoms with Gasteiger partial charge in [0.15, 0.2) is 0 Å². The van der Waals surface area contributed by atoms with E-state index in [1.807, 2.05) is 19.0 Å². The third-order valence-corrected chi connectivity index (χ3v) is 9.13. The Morgan fingerprint density at radius 3 is 1.18 bits per heavy atom. The topological polar surface area (TPSA) is 104 Å². The van der Waals surface area contributed by atoms with Gasteiger partial charge >= 0.3 is 17.9 Å². The number of carbonyl (C=O) groups excluding carboxylic acids is 1. The maximum absolute atomic E-state index is 12.1. The Morgan fingerprint density at radius 2 is 0.824 bits per heavy atom. The van der Waals surface area contributed by atoms with Gasteiger partial charge in [-0.3, -0.25) is 19.3 Å². The molecule has 0 radical (unpaired) electrons. The van der Waals surface area contributed by atoms with Gasteiger partial charge in [-0.25, -0.2) is 0 Å². The van der Waals surface area contributed by atoms with Gasteiger partial charge in [0.2, 0.25) is 0 Å². The van der Waals surface area contributed by atoms with Gasteiger partial charge in [-0.1, -0.05) is 126 Å². The summed E-state index contributed by atoms with van der Waals surface area (Å²) in [5, 5.41) is 17.3. The molecule has 0 bridgehead atoms. The van der Waals surface area contributed by atoms with Crippen molar-refractivity contribution in [1.82, 2.24) is 4.90 Å². The van der Waals surface area contributed by atoms with Crippen LogP contribution in [0, 0.1) is 5.92 Å². The molecule has 0 aliphatic heterocycles. The van der Waals surface area contributed by atoms with E-state index < -0.39 is 11.9 Å². The number of esters is 1. The van der Waals surface area contributed by atoms with Crippen LogP contribution in [0.2, 0.25) is 0 Å². The molecular weight excluding hydrogens is 638 g/mol. The molecule has 51 heavy (non-hydrogen) atoms. The molecule has 0 saturated carbocycles. The van der Waals surface area contributed by atoms with Crippen molar-refractivity contribution in [2.75, 3.05) is 27.2 Å². The molecule has 0 aromatic rings. The van der Waals surface area contributed by atoms with E-state index in [0.29, 0.717) is 31.9 Å². The van der Waals surface area contributed by atoms with E-state index in [4.69, 9.17) is 14.9 Å². The van der Waals surface area contributed by atoms with Gasteiger partial charge in [-0.05, 0) is 110 Å². The first-order chi connectivity index (χ1) is 24.8. The molecular formula is C44H77NO6. The zero-order valence-electron chi connectivity index (χ0n) is 32.9. The summed E-state index contributed by atoms with van der Waals surface area (Å²) in [4.78, 5) is 35.1. The van der Waals surface area contributed by atoms with E-state index in [-0.39, 0.29) is 5.97 Å². The summed E-state index contributed by atoms with van der Waals surface area (Å²) in [5.74, 6) is -1.03. The fraction of sp³-hybridized carbons (Fsp3) is 0.750. The van der Waals surface area contributed by atoms with E-state index in [2.05, 4.69) is 48.6 Å². The van der Waals surface area contributed by atoms with Crippen molar-refractivity contribution in [2.45, 2.75) is 180 Å². The summed E-state index contributed by atoms with van der Waals surface area (Å²) in [6.45, 7) is 0.896. The fourth-order valence-corrected chi connectivity index (χ4v) is 6.07. The number of carboxylic acids is 2. The van der Waals surface area contributed by atoms with Crippen molar-refractivity contribution in [3.8, 4) is 0 Å². The zero-order chi connectivity index (χ0) is 37.5. The average molecular weight is 716 g/mol. The van der Waals surface area contributed by atoms with Gasteiger partial charge < -0.3 is 14.9 Å². The second kappa shape index (κ2) is 38.6. The summed E-state index contributed by atoms with van der Waals surface area (Å²) in [5.41, 5.74) is 0. The number of carboxylic acid groups (broad SMARTS) is 2. The van der Waals surface area contributed by atoms with Gasteiger partial charge in [-0.15, -0.1) is 0 Å². The van der Waals surface area contributed by atoms with Crippen LogP contribution in [-0.4, -0.2) is 60.3 Å². The zero-order valence-corrected chi connectivity index (χ0v) is 32.9. The molecule has 0 saturated heterocycles. The van der Waals surface area contributed by atoms with Crippen LogP contribution in [0.4, 0.5) is 0 Å². The first-order valence-electron chi connectivity index (χ1n) is 20.6. The number of unbranched alkanes of at least 4 members (excludes halogenated alkanes) is 18.